The van der Waals surface area contributed by atoms with Crippen LogP contribution in [0.15, 0.2) is 30.6 Å². The summed E-state index contributed by atoms with van der Waals surface area (Å²) in [4.78, 5) is 23.3. The summed E-state index contributed by atoms with van der Waals surface area (Å²) in [6, 6.07) is 8.40. The summed E-state index contributed by atoms with van der Waals surface area (Å²) in [7, 11) is 0. The zero-order chi connectivity index (χ0) is 24.3. The van der Waals surface area contributed by atoms with Gasteiger partial charge in [-0.25, -0.2) is 9.97 Å². The number of carbonyl (C=O) groups excluding carboxylic acids is 1. The van der Waals surface area contributed by atoms with E-state index in [1.54, 1.807) is 4.90 Å². The van der Waals surface area contributed by atoms with Gasteiger partial charge in [0, 0.05) is 31.1 Å². The highest BCUT2D eigenvalue weighted by Crippen LogP contribution is 2.36. The van der Waals surface area contributed by atoms with Gasteiger partial charge in [0.15, 0.2) is 11.6 Å². The molecule has 2 aromatic rings. The van der Waals surface area contributed by atoms with Gasteiger partial charge in [0.05, 0.1) is 19.3 Å². The summed E-state index contributed by atoms with van der Waals surface area (Å²) in [5.74, 6) is -0.729. The lowest BCUT2D eigenvalue weighted by Gasteiger charge is -2.44. The first kappa shape index (κ1) is 24.3. The molecule has 1 saturated heterocycles. The predicted molar refractivity (Wildman–Crippen MR) is 127 cm³/mol. The van der Waals surface area contributed by atoms with Crippen LogP contribution >= 0.6 is 0 Å². The fraction of sp³-hybridized carbons (Fsp3) is 0.542. The number of halogens is 1. The third-order valence-electron chi connectivity index (χ3n) is 6.87. The molecule has 2 aliphatic rings. The number of nitrogens with two attached hydrogens (primary N) is 1. The minimum absolute atomic E-state index is 0.0409. The maximum absolute atomic E-state index is 15.5. The van der Waals surface area contributed by atoms with E-state index in [0.717, 1.165) is 18.4 Å². The molecule has 5 N–H and O–H groups in total. The number of carbonyl (C=O) groups is 1. The van der Waals surface area contributed by atoms with Gasteiger partial charge in [0.1, 0.15) is 6.33 Å². The quantitative estimate of drug-likeness (QED) is 0.404. The fourth-order valence-electron chi connectivity index (χ4n) is 4.48. The molecular formula is C24H33FN6O3. The molecule has 4 rings (SSSR count). The minimum atomic E-state index is -0.910. The zero-order valence-corrected chi connectivity index (χ0v) is 19.5. The first-order valence-electron chi connectivity index (χ1n) is 11.7. The van der Waals surface area contributed by atoms with Crippen LogP contribution in [-0.2, 0) is 11.3 Å². The molecule has 2 unspecified atom stereocenters. The molecule has 1 saturated carbocycles. The summed E-state index contributed by atoms with van der Waals surface area (Å²) >= 11 is 0. The Bertz CT molecular complexity index is 1000. The van der Waals surface area contributed by atoms with E-state index in [1.165, 1.54) is 11.9 Å². The molecule has 1 aliphatic heterocycles. The van der Waals surface area contributed by atoms with Gasteiger partial charge in [-0.15, -0.1) is 0 Å². The molecular weight excluding hydrogens is 439 g/mol. The van der Waals surface area contributed by atoms with Gasteiger partial charge in [-0.1, -0.05) is 29.8 Å². The highest BCUT2D eigenvalue weighted by Gasteiger charge is 2.42. The largest absolute Gasteiger partial charge is 0.396 e. The highest BCUT2D eigenvalue weighted by atomic mass is 19.1. The Labute approximate surface area is 198 Å². The monoisotopic (exact) mass is 472 g/mol. The molecule has 34 heavy (non-hydrogen) atoms. The van der Waals surface area contributed by atoms with Crippen LogP contribution in [0.5, 0.6) is 0 Å². The average molecular weight is 473 g/mol. The first-order chi connectivity index (χ1) is 16.3. The summed E-state index contributed by atoms with van der Waals surface area (Å²) in [5.41, 5.74) is 6.62. The van der Waals surface area contributed by atoms with Crippen LogP contribution in [0.3, 0.4) is 0 Å². The molecule has 184 valence electrons. The maximum atomic E-state index is 15.5. The number of hydrogen-bond donors (Lipinski definition) is 4. The molecule has 0 spiro atoms. The zero-order valence-electron chi connectivity index (χ0n) is 19.5. The molecule has 2 fully saturated rings. The number of β-amino-alcohol motifs (C(OH)–C–C–N with tert-alkyl or cyclic N) is 1. The lowest BCUT2D eigenvalue weighted by atomic mass is 9.76. The van der Waals surface area contributed by atoms with Crippen LogP contribution < -0.4 is 16.0 Å². The smallest absolute Gasteiger partial charge is 0.231 e. The number of aryl methyl sites for hydroxylation is 1. The van der Waals surface area contributed by atoms with Crippen molar-refractivity contribution >= 4 is 17.5 Å². The molecule has 1 aromatic carbocycles. The highest BCUT2D eigenvalue weighted by molar-refractivity contribution is 5.75. The Morgan fingerprint density at radius 2 is 2.06 bits per heavy atom. The van der Waals surface area contributed by atoms with E-state index in [9.17, 15) is 15.0 Å². The Hall–Kier alpha value is -2.82. The second kappa shape index (κ2) is 10.2. The van der Waals surface area contributed by atoms with Gasteiger partial charge in [-0.3, -0.25) is 9.69 Å². The van der Waals surface area contributed by atoms with Gasteiger partial charge in [-0.2, -0.15) is 4.39 Å². The molecule has 1 aliphatic carbocycles. The van der Waals surface area contributed by atoms with Crippen LogP contribution in [-0.4, -0.2) is 75.9 Å². The molecule has 1 amide bonds. The SMILES string of the molecule is Cc1ccc(CN(c2ncnc(NCC3(CO)CCN(CC(N)=O)CC3O)c2F)C2CC2)cc1. The second-order valence-electron chi connectivity index (χ2n) is 9.55. The molecule has 2 atom stereocenters. The van der Waals surface area contributed by atoms with Crippen molar-refractivity contribution in [2.45, 2.75) is 44.9 Å². The van der Waals surface area contributed by atoms with Gasteiger partial charge in [0.25, 0.3) is 0 Å². The van der Waals surface area contributed by atoms with Crippen molar-refractivity contribution in [1.82, 2.24) is 14.9 Å². The molecule has 1 aromatic heterocycles. The van der Waals surface area contributed by atoms with E-state index in [-0.39, 0.29) is 43.9 Å². The van der Waals surface area contributed by atoms with E-state index >= 15 is 4.39 Å². The van der Waals surface area contributed by atoms with Gasteiger partial charge >= 0.3 is 0 Å². The number of piperidine rings is 1. The number of nitrogens with one attached hydrogen (secondary N) is 1. The fourth-order valence-corrected chi connectivity index (χ4v) is 4.48. The molecule has 0 bridgehead atoms. The van der Waals surface area contributed by atoms with Gasteiger partial charge in [-0.05, 0) is 38.3 Å². The maximum Gasteiger partial charge on any atom is 0.231 e. The summed E-state index contributed by atoms with van der Waals surface area (Å²) < 4.78 is 15.5. The van der Waals surface area contributed by atoms with Crippen molar-refractivity contribution in [2.75, 3.05) is 43.0 Å². The van der Waals surface area contributed by atoms with E-state index in [1.807, 2.05) is 36.1 Å². The average Bonchev–Trinajstić information content (AvgIpc) is 3.65. The number of likely N-dealkylation sites (tertiary alicyclic amines) is 1. The number of benzene rings is 1. The Balaban J connectivity index is 1.48. The third kappa shape index (κ3) is 5.45. The lowest BCUT2D eigenvalue weighted by molar-refractivity contribution is -0.122. The topological polar surface area (TPSA) is 128 Å². The number of aliphatic hydroxyl groups is 2. The van der Waals surface area contributed by atoms with Crippen molar-refractivity contribution < 1.29 is 19.4 Å². The van der Waals surface area contributed by atoms with E-state index in [4.69, 9.17) is 5.73 Å². The van der Waals surface area contributed by atoms with Crippen molar-refractivity contribution in [3.05, 3.63) is 47.5 Å². The number of primary amides is 1. The lowest BCUT2D eigenvalue weighted by Crippen LogP contribution is -2.56. The predicted octanol–water partition coefficient (Wildman–Crippen LogP) is 1.04. The van der Waals surface area contributed by atoms with E-state index < -0.39 is 23.2 Å². The first-order valence-corrected chi connectivity index (χ1v) is 11.7. The van der Waals surface area contributed by atoms with Crippen molar-refractivity contribution in [3.63, 3.8) is 0 Å². The molecule has 10 heteroatoms. The number of aromatic nitrogens is 2. The Morgan fingerprint density at radius 1 is 1.32 bits per heavy atom. The van der Waals surface area contributed by atoms with Crippen LogP contribution in [0, 0.1) is 18.2 Å². The number of amides is 1. The molecule has 9 nitrogen and oxygen atoms in total. The van der Waals surface area contributed by atoms with E-state index in [0.29, 0.717) is 19.5 Å². The van der Waals surface area contributed by atoms with Crippen molar-refractivity contribution in [3.8, 4) is 0 Å². The van der Waals surface area contributed by atoms with Crippen LogP contribution in [0.4, 0.5) is 16.0 Å². The van der Waals surface area contributed by atoms with Gasteiger partial charge in [0.2, 0.25) is 11.7 Å². The van der Waals surface area contributed by atoms with Crippen LogP contribution in [0.2, 0.25) is 0 Å². The number of rotatable bonds is 10. The van der Waals surface area contributed by atoms with Crippen LogP contribution in [0.1, 0.15) is 30.4 Å². The number of hydrogen-bond acceptors (Lipinski definition) is 8. The van der Waals surface area contributed by atoms with Crippen LogP contribution in [0.25, 0.3) is 0 Å². The summed E-state index contributed by atoms with van der Waals surface area (Å²) in [5, 5.41) is 23.8. The number of anilines is 2. The molecule has 2 heterocycles. The number of aliphatic hydroxyl groups excluding tert-OH is 2. The number of nitrogens with zero attached hydrogens (tertiary/aromatic N) is 4. The molecule has 0 radical (unpaired) electrons. The van der Waals surface area contributed by atoms with Crippen molar-refractivity contribution in [1.29, 1.82) is 0 Å². The second-order valence-corrected chi connectivity index (χ2v) is 9.55. The van der Waals surface area contributed by atoms with E-state index in [2.05, 4.69) is 15.3 Å². The minimum Gasteiger partial charge on any atom is -0.396 e. The third-order valence-corrected chi connectivity index (χ3v) is 6.87. The van der Waals surface area contributed by atoms with Gasteiger partial charge < -0.3 is 26.2 Å². The van der Waals surface area contributed by atoms with Crippen molar-refractivity contribution in [2.24, 2.45) is 11.1 Å². The Morgan fingerprint density at radius 3 is 2.68 bits per heavy atom. The summed E-state index contributed by atoms with van der Waals surface area (Å²) in [6.45, 7) is 3.17. The normalized spacial score (nSPS) is 23.0. The Kier molecular flexibility index (Phi) is 7.30. The summed E-state index contributed by atoms with van der Waals surface area (Å²) in [6.07, 6.45) is 2.82. The standard InChI is InChI=1S/C24H33FN6O3/c1-16-2-4-17(5-3-16)10-31(18-6-7-18)23-21(25)22(28-15-29-23)27-13-24(14-32)8-9-30(11-19(24)33)12-20(26)34/h2-5,15,18-19,32-33H,6-14H2,1H3,(H2,26,34)(H,27,28,29).